The maximum Gasteiger partial charge on any atom is 0.260 e. The van der Waals surface area contributed by atoms with Gasteiger partial charge in [0, 0.05) is 19.6 Å². The molecular weight excluding hydrogens is 440 g/mol. The number of ether oxygens (including phenoxy) is 3. The van der Waals surface area contributed by atoms with Gasteiger partial charge in [0.1, 0.15) is 17.2 Å². The van der Waals surface area contributed by atoms with Crippen molar-refractivity contribution < 1.29 is 19.0 Å². The van der Waals surface area contributed by atoms with Gasteiger partial charge in [-0.3, -0.25) is 4.79 Å². The van der Waals surface area contributed by atoms with E-state index in [4.69, 9.17) is 14.2 Å². The fraction of sp³-hybridized carbons (Fsp3) is 0.500. The van der Waals surface area contributed by atoms with Crippen LogP contribution in [-0.2, 0) is 11.3 Å². The fourth-order valence-corrected chi connectivity index (χ4v) is 3.29. The van der Waals surface area contributed by atoms with E-state index in [0.717, 1.165) is 49.5 Å². The number of halogens is 1. The van der Waals surface area contributed by atoms with Crippen LogP contribution in [0.3, 0.4) is 0 Å². The smallest absolute Gasteiger partial charge is 0.260 e. The Morgan fingerprint density at radius 1 is 0.879 bits per heavy atom. The van der Waals surface area contributed by atoms with E-state index < -0.39 is 0 Å². The summed E-state index contributed by atoms with van der Waals surface area (Å²) in [5.41, 5.74) is 1.03. The minimum absolute atomic E-state index is 0. The van der Waals surface area contributed by atoms with Crippen LogP contribution in [0.2, 0.25) is 0 Å². The number of methoxy groups -OCH3 is 1. The van der Waals surface area contributed by atoms with Crippen LogP contribution in [0.15, 0.2) is 48.5 Å². The lowest BCUT2D eigenvalue weighted by Gasteiger charge is -2.27. The average Bonchev–Trinajstić information content (AvgIpc) is 2.83. The molecule has 184 valence electrons. The number of likely N-dealkylation sites (N-methyl/N-ethyl adjacent to an activating group) is 1. The topological polar surface area (TPSA) is 51.2 Å². The molecule has 0 N–H and O–H groups in total. The van der Waals surface area contributed by atoms with Crippen molar-refractivity contribution in [2.45, 2.75) is 40.2 Å². The summed E-state index contributed by atoms with van der Waals surface area (Å²) in [5.74, 6) is 2.22. The van der Waals surface area contributed by atoms with Crippen molar-refractivity contribution in [3.05, 3.63) is 54.1 Å². The molecule has 2 aromatic rings. The number of benzene rings is 2. The Balaban J connectivity index is 0.00000544. The molecule has 0 aliphatic rings. The number of carbonyl (C=O) groups is 1. The molecule has 6 nitrogen and oxygen atoms in total. The number of hydrogen-bond acceptors (Lipinski definition) is 5. The van der Waals surface area contributed by atoms with Gasteiger partial charge in [0.2, 0.25) is 0 Å². The average molecular weight is 479 g/mol. The minimum Gasteiger partial charge on any atom is -0.497 e. The molecule has 1 amide bonds. The first-order valence-electron chi connectivity index (χ1n) is 11.6. The van der Waals surface area contributed by atoms with Gasteiger partial charge in [-0.1, -0.05) is 39.3 Å². The Hall–Kier alpha value is -2.44. The molecule has 2 aromatic carbocycles. The van der Waals surface area contributed by atoms with Crippen LogP contribution in [0.5, 0.6) is 17.2 Å². The molecular formula is C26H39ClN2O4. The third kappa shape index (κ3) is 10.4. The number of carbonyl (C=O) groups excluding carboxylic acids is 1. The van der Waals surface area contributed by atoms with Crippen molar-refractivity contribution >= 4 is 18.3 Å². The first-order chi connectivity index (χ1) is 15.6. The summed E-state index contributed by atoms with van der Waals surface area (Å²) in [6.07, 6.45) is 2.13. The monoisotopic (exact) mass is 478 g/mol. The second-order valence-corrected chi connectivity index (χ2v) is 7.66. The summed E-state index contributed by atoms with van der Waals surface area (Å²) in [4.78, 5) is 17.2. The van der Waals surface area contributed by atoms with Crippen LogP contribution in [0.4, 0.5) is 0 Å². The van der Waals surface area contributed by atoms with Crippen LogP contribution in [-0.4, -0.2) is 62.2 Å². The lowest BCUT2D eigenvalue weighted by Crippen LogP contribution is -2.40. The molecule has 0 heterocycles. The van der Waals surface area contributed by atoms with Crippen molar-refractivity contribution in [1.82, 2.24) is 9.80 Å². The fourth-order valence-electron chi connectivity index (χ4n) is 3.29. The van der Waals surface area contributed by atoms with E-state index in [-0.39, 0.29) is 24.9 Å². The van der Waals surface area contributed by atoms with Gasteiger partial charge in [-0.15, -0.1) is 12.4 Å². The largest absolute Gasteiger partial charge is 0.497 e. The molecule has 7 heteroatoms. The van der Waals surface area contributed by atoms with Crippen molar-refractivity contribution in [2.24, 2.45) is 0 Å². The Morgan fingerprint density at radius 2 is 1.55 bits per heavy atom. The zero-order valence-corrected chi connectivity index (χ0v) is 21.2. The molecule has 0 aliphatic carbocycles. The summed E-state index contributed by atoms with van der Waals surface area (Å²) >= 11 is 0. The normalized spacial score (nSPS) is 10.5. The van der Waals surface area contributed by atoms with Crippen LogP contribution in [0, 0.1) is 0 Å². The Bertz CT molecular complexity index is 797. The molecule has 0 fully saturated rings. The predicted octanol–water partition coefficient (Wildman–Crippen LogP) is 5.05. The number of unbranched alkanes of at least 4 members (excludes halogenated alkanes) is 1. The Morgan fingerprint density at radius 3 is 2.15 bits per heavy atom. The standard InChI is InChI=1S/C26H38N2O4.ClH/c1-5-8-18-31-23-12-14-24(15-13-23)32-21-26(29)28(17-16-27(6-2)7-3)20-22-10-9-11-25(19-22)30-4;/h9-15,19H,5-8,16-18,20-21H2,1-4H3;1H. The lowest BCUT2D eigenvalue weighted by molar-refractivity contribution is -0.134. The highest BCUT2D eigenvalue weighted by Gasteiger charge is 2.16. The summed E-state index contributed by atoms with van der Waals surface area (Å²) in [7, 11) is 1.65. The van der Waals surface area contributed by atoms with Crippen LogP contribution >= 0.6 is 12.4 Å². The Kier molecular flexibility index (Phi) is 14.1. The summed E-state index contributed by atoms with van der Waals surface area (Å²) in [6.45, 7) is 11.0. The van der Waals surface area contributed by atoms with Crippen LogP contribution in [0.1, 0.15) is 39.2 Å². The maximum absolute atomic E-state index is 13.0. The van der Waals surface area contributed by atoms with Gasteiger partial charge in [-0.25, -0.2) is 0 Å². The first kappa shape index (κ1) is 28.6. The van der Waals surface area contributed by atoms with E-state index in [1.807, 2.05) is 53.4 Å². The minimum atomic E-state index is -0.0387. The van der Waals surface area contributed by atoms with Gasteiger partial charge in [0.25, 0.3) is 5.91 Å². The van der Waals surface area contributed by atoms with E-state index in [2.05, 4.69) is 25.7 Å². The van der Waals surface area contributed by atoms with Gasteiger partial charge >= 0.3 is 0 Å². The third-order valence-corrected chi connectivity index (χ3v) is 5.39. The lowest BCUT2D eigenvalue weighted by atomic mass is 10.2. The first-order valence-corrected chi connectivity index (χ1v) is 11.6. The highest BCUT2D eigenvalue weighted by molar-refractivity contribution is 5.85. The molecule has 33 heavy (non-hydrogen) atoms. The van der Waals surface area contributed by atoms with E-state index in [1.54, 1.807) is 7.11 Å². The molecule has 0 aromatic heterocycles. The molecule has 0 aliphatic heterocycles. The van der Waals surface area contributed by atoms with Crippen LogP contribution in [0.25, 0.3) is 0 Å². The van der Waals surface area contributed by atoms with E-state index >= 15 is 0 Å². The summed E-state index contributed by atoms with van der Waals surface area (Å²) in [6, 6.07) is 15.3. The second-order valence-electron chi connectivity index (χ2n) is 7.66. The van der Waals surface area contributed by atoms with Gasteiger partial charge in [0.15, 0.2) is 6.61 Å². The molecule has 0 bridgehead atoms. The summed E-state index contributed by atoms with van der Waals surface area (Å²) < 4.78 is 16.8. The molecule has 0 atom stereocenters. The second kappa shape index (κ2) is 16.2. The van der Waals surface area contributed by atoms with Gasteiger partial charge in [0.05, 0.1) is 13.7 Å². The molecule has 0 saturated heterocycles. The number of nitrogens with zero attached hydrogens (tertiary/aromatic N) is 2. The predicted molar refractivity (Wildman–Crippen MR) is 136 cm³/mol. The quantitative estimate of drug-likeness (QED) is 0.335. The zero-order valence-electron chi connectivity index (χ0n) is 20.4. The highest BCUT2D eigenvalue weighted by atomic mass is 35.5. The number of rotatable bonds is 15. The number of amides is 1. The SMILES string of the molecule is CCCCOc1ccc(OCC(=O)N(CCN(CC)CC)Cc2cccc(OC)c2)cc1.Cl. The number of hydrogen-bond donors (Lipinski definition) is 0. The highest BCUT2D eigenvalue weighted by Crippen LogP contribution is 2.19. The van der Waals surface area contributed by atoms with Gasteiger partial charge < -0.3 is 24.0 Å². The van der Waals surface area contributed by atoms with Crippen molar-refractivity contribution in [2.75, 3.05) is 46.5 Å². The Labute approximate surface area is 205 Å². The molecule has 0 radical (unpaired) electrons. The van der Waals surface area contributed by atoms with Crippen molar-refractivity contribution in [1.29, 1.82) is 0 Å². The molecule has 0 saturated carbocycles. The van der Waals surface area contributed by atoms with Gasteiger partial charge in [-0.05, 0) is 61.5 Å². The zero-order chi connectivity index (χ0) is 23.2. The molecule has 2 rings (SSSR count). The maximum atomic E-state index is 13.0. The third-order valence-electron chi connectivity index (χ3n) is 5.39. The van der Waals surface area contributed by atoms with Crippen LogP contribution < -0.4 is 14.2 Å². The van der Waals surface area contributed by atoms with E-state index in [9.17, 15) is 4.79 Å². The van der Waals surface area contributed by atoms with Gasteiger partial charge in [-0.2, -0.15) is 0 Å². The molecule has 0 unspecified atom stereocenters. The molecule has 0 spiro atoms. The van der Waals surface area contributed by atoms with Crippen molar-refractivity contribution in [3.63, 3.8) is 0 Å². The van der Waals surface area contributed by atoms with E-state index in [0.29, 0.717) is 25.4 Å². The summed E-state index contributed by atoms with van der Waals surface area (Å²) in [5, 5.41) is 0. The van der Waals surface area contributed by atoms with E-state index in [1.165, 1.54) is 0 Å². The van der Waals surface area contributed by atoms with Crippen molar-refractivity contribution in [3.8, 4) is 17.2 Å².